The first-order valence-corrected chi connectivity index (χ1v) is 18.2. The van der Waals surface area contributed by atoms with Crippen LogP contribution in [-0.2, 0) is 9.53 Å². The number of amides is 2. The summed E-state index contributed by atoms with van der Waals surface area (Å²) in [5.74, 6) is 0.202. The highest BCUT2D eigenvalue weighted by Gasteiger charge is 2.24. The fourth-order valence-corrected chi connectivity index (χ4v) is 6.70. The van der Waals surface area contributed by atoms with Gasteiger partial charge in [0.15, 0.2) is 5.13 Å². The van der Waals surface area contributed by atoms with Gasteiger partial charge in [0.25, 0.3) is 5.91 Å². The molecule has 2 aromatic carbocycles. The quantitative estimate of drug-likeness (QED) is 0.0846. The lowest BCUT2D eigenvalue weighted by molar-refractivity contribution is -0.116. The van der Waals surface area contributed by atoms with Crippen molar-refractivity contribution in [1.82, 2.24) is 35.1 Å². The molecular formula is C39H40N10O3S. The molecule has 0 saturated carbocycles. The van der Waals surface area contributed by atoms with Crippen LogP contribution in [0.3, 0.4) is 0 Å². The predicted octanol–water partition coefficient (Wildman–Crippen LogP) is 6.90. The smallest absolute Gasteiger partial charge is 0.252 e. The first kappa shape index (κ1) is 35.4. The summed E-state index contributed by atoms with van der Waals surface area (Å²) in [5.41, 5.74) is 8.28. The number of morpholine rings is 1. The third kappa shape index (κ3) is 9.10. The molecule has 1 fully saturated rings. The fraction of sp³-hybridized carbons (Fsp3) is 0.231. The Bertz CT molecular complexity index is 2170. The summed E-state index contributed by atoms with van der Waals surface area (Å²) in [6.07, 6.45) is 9.03. The number of H-pyrrole nitrogens is 1. The van der Waals surface area contributed by atoms with Crippen molar-refractivity contribution in [3.63, 3.8) is 0 Å². The molecule has 4 aromatic heterocycles. The lowest BCUT2D eigenvalue weighted by atomic mass is 10.1. The van der Waals surface area contributed by atoms with E-state index in [1.165, 1.54) is 11.3 Å². The van der Waals surface area contributed by atoms with E-state index in [4.69, 9.17) is 9.72 Å². The number of thiazole rings is 1. The molecule has 0 bridgehead atoms. The van der Waals surface area contributed by atoms with Crippen LogP contribution in [0.15, 0.2) is 97.0 Å². The molecule has 1 saturated heterocycles. The molecule has 53 heavy (non-hydrogen) atoms. The zero-order valence-electron chi connectivity index (χ0n) is 29.4. The van der Waals surface area contributed by atoms with Gasteiger partial charge in [0, 0.05) is 83.4 Å². The van der Waals surface area contributed by atoms with E-state index in [-0.39, 0.29) is 24.4 Å². The summed E-state index contributed by atoms with van der Waals surface area (Å²) in [6, 6.07) is 19.0. The number of pyridine rings is 2. The molecule has 7 rings (SSSR count). The van der Waals surface area contributed by atoms with Gasteiger partial charge in [-0.3, -0.25) is 24.5 Å². The van der Waals surface area contributed by atoms with Crippen LogP contribution < -0.4 is 21.3 Å². The number of hydrogen-bond acceptors (Lipinski definition) is 11. The summed E-state index contributed by atoms with van der Waals surface area (Å²) in [7, 11) is 0. The van der Waals surface area contributed by atoms with Crippen molar-refractivity contribution in [3.05, 3.63) is 114 Å². The molecule has 5 N–H and O–H groups in total. The Labute approximate surface area is 311 Å². The number of nitrogens with zero attached hydrogens (tertiary/aromatic N) is 5. The van der Waals surface area contributed by atoms with Crippen LogP contribution in [0, 0.1) is 13.8 Å². The zero-order chi connectivity index (χ0) is 36.6. The van der Waals surface area contributed by atoms with Crippen LogP contribution in [0.2, 0.25) is 0 Å². The monoisotopic (exact) mass is 728 g/mol. The molecular weight excluding hydrogens is 689 g/mol. The Morgan fingerprint density at radius 3 is 2.40 bits per heavy atom. The van der Waals surface area contributed by atoms with Crippen LogP contribution in [0.1, 0.15) is 34.3 Å². The second kappa shape index (κ2) is 16.6. The number of aromatic nitrogens is 5. The number of carbonyl (C=O) groups is 2. The maximum atomic E-state index is 13.7. The lowest BCUT2D eigenvalue weighted by Gasteiger charge is -2.35. The second-order valence-electron chi connectivity index (χ2n) is 12.7. The molecule has 1 atom stereocenters. The van der Waals surface area contributed by atoms with E-state index < -0.39 is 0 Å². The average molecular weight is 729 g/mol. The lowest BCUT2D eigenvalue weighted by Crippen LogP contribution is -2.52. The highest BCUT2D eigenvalue weighted by molar-refractivity contribution is 7.14. The van der Waals surface area contributed by atoms with E-state index >= 15 is 0 Å². The number of nitrogens with one attached hydrogen (secondary N) is 5. The molecule has 270 valence electrons. The highest BCUT2D eigenvalue weighted by atomic mass is 32.1. The Morgan fingerprint density at radius 2 is 1.64 bits per heavy atom. The first-order valence-electron chi connectivity index (χ1n) is 17.4. The van der Waals surface area contributed by atoms with E-state index in [9.17, 15) is 9.59 Å². The van der Waals surface area contributed by atoms with E-state index in [0.29, 0.717) is 55.1 Å². The predicted molar refractivity (Wildman–Crippen MR) is 208 cm³/mol. The molecule has 6 aromatic rings. The molecule has 0 radical (unpaired) electrons. The molecule has 0 spiro atoms. The topological polar surface area (TPSA) is 162 Å². The largest absolute Gasteiger partial charge is 0.379 e. The van der Waals surface area contributed by atoms with Crippen molar-refractivity contribution in [2.24, 2.45) is 0 Å². The van der Waals surface area contributed by atoms with Crippen molar-refractivity contribution < 1.29 is 14.3 Å². The Hall–Kier alpha value is -5.96. The van der Waals surface area contributed by atoms with Crippen molar-refractivity contribution in [2.45, 2.75) is 32.9 Å². The van der Waals surface area contributed by atoms with Crippen LogP contribution >= 0.6 is 11.3 Å². The minimum Gasteiger partial charge on any atom is -0.379 e. The van der Waals surface area contributed by atoms with E-state index in [1.54, 1.807) is 31.0 Å². The van der Waals surface area contributed by atoms with Crippen LogP contribution in [0.4, 0.5) is 28.1 Å². The van der Waals surface area contributed by atoms with Gasteiger partial charge in [0.2, 0.25) is 11.9 Å². The normalized spacial score (nSPS) is 13.6. The van der Waals surface area contributed by atoms with Crippen molar-refractivity contribution in [1.29, 1.82) is 0 Å². The summed E-state index contributed by atoms with van der Waals surface area (Å²) >= 11 is 1.49. The van der Waals surface area contributed by atoms with E-state index in [0.717, 1.165) is 45.0 Å². The zero-order valence-corrected chi connectivity index (χ0v) is 30.2. The molecule has 13 nitrogen and oxygen atoms in total. The van der Waals surface area contributed by atoms with E-state index in [2.05, 4.69) is 46.1 Å². The van der Waals surface area contributed by atoms with Crippen molar-refractivity contribution in [2.75, 3.05) is 42.3 Å². The van der Waals surface area contributed by atoms with Gasteiger partial charge in [-0.2, -0.15) is 0 Å². The molecule has 5 heterocycles. The number of benzene rings is 2. The average Bonchev–Trinajstić information content (AvgIpc) is 3.87. The Morgan fingerprint density at radius 1 is 0.906 bits per heavy atom. The number of rotatable bonds is 13. The summed E-state index contributed by atoms with van der Waals surface area (Å²) in [5, 5.41) is 15.6. The molecule has 1 aliphatic heterocycles. The molecule has 14 heteroatoms. The number of aryl methyl sites for hydroxylation is 2. The third-order valence-electron chi connectivity index (χ3n) is 8.95. The summed E-state index contributed by atoms with van der Waals surface area (Å²) < 4.78 is 5.58. The maximum Gasteiger partial charge on any atom is 0.252 e. The molecule has 0 aliphatic carbocycles. The van der Waals surface area contributed by atoms with Gasteiger partial charge in [-0.25, -0.2) is 9.97 Å². The minimum atomic E-state index is -0.362. The second-order valence-corrected chi connectivity index (χ2v) is 13.6. The highest BCUT2D eigenvalue weighted by Crippen LogP contribution is 2.29. The number of aromatic amines is 1. The fourth-order valence-electron chi connectivity index (χ4n) is 5.97. The van der Waals surface area contributed by atoms with Crippen molar-refractivity contribution in [3.8, 4) is 22.5 Å². The third-order valence-corrected chi connectivity index (χ3v) is 9.71. The van der Waals surface area contributed by atoms with E-state index in [1.807, 2.05) is 79.9 Å². The van der Waals surface area contributed by atoms with Gasteiger partial charge in [-0.05, 0) is 79.9 Å². The summed E-state index contributed by atoms with van der Waals surface area (Å²) in [6.45, 7) is 6.39. The van der Waals surface area contributed by atoms with Crippen LogP contribution in [-0.4, -0.2) is 74.1 Å². The number of ether oxygens (including phenoxy) is 1. The van der Waals surface area contributed by atoms with Crippen LogP contribution in [0.25, 0.3) is 22.5 Å². The molecule has 1 aliphatic rings. The van der Waals surface area contributed by atoms with Gasteiger partial charge in [0.1, 0.15) is 0 Å². The van der Waals surface area contributed by atoms with Crippen molar-refractivity contribution >= 4 is 51.3 Å². The van der Waals surface area contributed by atoms with Gasteiger partial charge in [-0.1, -0.05) is 12.1 Å². The SMILES string of the molecule is Cc1ccc(NC(=O)CCC(NC(=O)c2ccc(C)c(Nc3nc(-c4cccnc4)cs3)c2)N2CCOCC2)cc1Nc1ncc(-c2cccnc2)[nH]1. The van der Waals surface area contributed by atoms with Gasteiger partial charge in [-0.15, -0.1) is 11.3 Å². The minimum absolute atomic E-state index is 0.153. The summed E-state index contributed by atoms with van der Waals surface area (Å²) in [4.78, 5) is 50.0. The van der Waals surface area contributed by atoms with Gasteiger partial charge < -0.3 is 31.0 Å². The molecule has 1 unspecified atom stereocenters. The van der Waals surface area contributed by atoms with Gasteiger partial charge in [0.05, 0.1) is 37.0 Å². The maximum absolute atomic E-state index is 13.7. The molecule has 2 amide bonds. The number of carbonyl (C=O) groups excluding carboxylic acids is 2. The Balaban J connectivity index is 0.983. The van der Waals surface area contributed by atoms with Crippen LogP contribution in [0.5, 0.6) is 0 Å². The van der Waals surface area contributed by atoms with Gasteiger partial charge >= 0.3 is 0 Å². The first-order chi connectivity index (χ1) is 25.9. The Kier molecular flexibility index (Phi) is 11.1. The number of anilines is 5. The standard InChI is InChI=1S/C39H40N10O3S/c1-25-7-9-27(19-31(25)46-39-47-34(24-53-39)29-6-4-14-41-22-29)37(51)48-35(49-15-17-52-18-16-49)11-12-36(50)43-30-10-8-26(2)32(20-30)44-38-42-23-33(45-38)28-5-3-13-40-21-28/h3-10,13-14,19-24,35H,11-12,15-18H2,1-2H3,(H,43,50)(H,46,47)(H,48,51)(H2,42,44,45). The number of hydrogen-bond donors (Lipinski definition) is 5. The number of imidazole rings is 1.